The molecule has 0 radical (unpaired) electrons. The molecule has 0 aromatic carbocycles. The van der Waals surface area contributed by atoms with Gasteiger partial charge >= 0.3 is 23.9 Å². The average Bonchev–Trinajstić information content (AvgIpc) is 3.24. The van der Waals surface area contributed by atoms with Gasteiger partial charge in [-0.2, -0.15) is 0 Å². The molecule has 1 rings (SSSR count). The summed E-state index contributed by atoms with van der Waals surface area (Å²) in [5, 5.41) is 31.2. The van der Waals surface area contributed by atoms with Gasteiger partial charge in [-0.1, -0.05) is 174 Å². The molecule has 0 spiro atoms. The Morgan fingerprint density at radius 2 is 0.934 bits per heavy atom. The molecule has 61 heavy (non-hydrogen) atoms. The molecule has 1 saturated heterocycles. The molecular formula is C49H88O12. The van der Waals surface area contributed by atoms with Gasteiger partial charge in [0, 0.05) is 19.3 Å². The Bertz CT molecular complexity index is 1130. The summed E-state index contributed by atoms with van der Waals surface area (Å²) in [5.41, 5.74) is 0. The SMILES string of the molecule is CCCCCC/C=C\CCCCCCCC(=O)OCC(COC1OC(C(=O)O)C(O)C(O)C1OC(=O)CCCCCCCCCCC)OC(=O)CCCCCCCCCCC. The first-order valence-electron chi connectivity index (χ1n) is 24.7. The van der Waals surface area contributed by atoms with E-state index in [9.17, 15) is 34.5 Å². The summed E-state index contributed by atoms with van der Waals surface area (Å²) in [6.45, 7) is 5.89. The number of rotatable bonds is 41. The maximum Gasteiger partial charge on any atom is 0.335 e. The lowest BCUT2D eigenvalue weighted by molar-refractivity contribution is -0.301. The van der Waals surface area contributed by atoms with E-state index in [2.05, 4.69) is 32.9 Å². The fourth-order valence-corrected chi connectivity index (χ4v) is 7.48. The lowest BCUT2D eigenvalue weighted by Gasteiger charge is -2.40. The third-order valence-electron chi connectivity index (χ3n) is 11.3. The van der Waals surface area contributed by atoms with Gasteiger partial charge in [0.25, 0.3) is 0 Å². The maximum absolute atomic E-state index is 13.0. The summed E-state index contributed by atoms with van der Waals surface area (Å²) in [4.78, 5) is 50.5. The van der Waals surface area contributed by atoms with Crippen LogP contribution in [-0.2, 0) is 42.9 Å². The largest absolute Gasteiger partial charge is 0.479 e. The van der Waals surface area contributed by atoms with Gasteiger partial charge in [0.2, 0.25) is 0 Å². The number of unbranched alkanes of at least 4 members (excludes halogenated alkanes) is 25. The van der Waals surface area contributed by atoms with Gasteiger partial charge < -0.3 is 39.0 Å². The zero-order valence-electron chi connectivity index (χ0n) is 38.7. The van der Waals surface area contributed by atoms with Crippen LogP contribution in [0.15, 0.2) is 12.2 Å². The van der Waals surface area contributed by atoms with Crippen LogP contribution < -0.4 is 0 Å². The van der Waals surface area contributed by atoms with Crippen molar-refractivity contribution in [3.05, 3.63) is 12.2 Å². The molecule has 1 fully saturated rings. The highest BCUT2D eigenvalue weighted by atomic mass is 16.7. The minimum absolute atomic E-state index is 0.0654. The van der Waals surface area contributed by atoms with E-state index < -0.39 is 67.3 Å². The zero-order valence-corrected chi connectivity index (χ0v) is 38.7. The van der Waals surface area contributed by atoms with Gasteiger partial charge in [0.05, 0.1) is 6.61 Å². The van der Waals surface area contributed by atoms with Crippen LogP contribution in [0.5, 0.6) is 0 Å². The van der Waals surface area contributed by atoms with Gasteiger partial charge in [0.1, 0.15) is 18.8 Å². The molecule has 12 nitrogen and oxygen atoms in total. The number of aliphatic hydroxyl groups is 2. The van der Waals surface area contributed by atoms with E-state index in [-0.39, 0.29) is 25.9 Å². The van der Waals surface area contributed by atoms with Crippen LogP contribution in [0.2, 0.25) is 0 Å². The van der Waals surface area contributed by atoms with Gasteiger partial charge in [-0.05, 0) is 44.9 Å². The van der Waals surface area contributed by atoms with Crippen molar-refractivity contribution in [3.8, 4) is 0 Å². The highest BCUT2D eigenvalue weighted by Crippen LogP contribution is 2.26. The number of esters is 3. The van der Waals surface area contributed by atoms with Crippen LogP contribution in [0.4, 0.5) is 0 Å². The van der Waals surface area contributed by atoms with E-state index in [4.69, 9.17) is 23.7 Å². The number of hydrogen-bond acceptors (Lipinski definition) is 11. The molecule has 1 aliphatic rings. The lowest BCUT2D eigenvalue weighted by atomic mass is 9.98. The van der Waals surface area contributed by atoms with Crippen molar-refractivity contribution in [1.82, 2.24) is 0 Å². The highest BCUT2D eigenvalue weighted by Gasteiger charge is 2.50. The number of hydrogen-bond donors (Lipinski definition) is 3. The maximum atomic E-state index is 13.0. The molecule has 0 aromatic heterocycles. The number of aliphatic carboxylic acids is 1. The second kappa shape index (κ2) is 39.1. The van der Waals surface area contributed by atoms with Crippen LogP contribution >= 0.6 is 0 Å². The minimum Gasteiger partial charge on any atom is -0.479 e. The molecule has 0 aliphatic carbocycles. The number of ether oxygens (including phenoxy) is 5. The standard InChI is InChI=1S/C49H88O12/c1-4-7-10-13-16-19-20-21-22-25-26-29-32-35-41(50)57-38-40(59-42(51)36-33-30-27-23-17-14-11-8-5-2)39-58-49-47(45(54)44(53)46(61-49)48(55)56)60-43(52)37-34-31-28-24-18-15-12-9-6-3/h19-20,40,44-47,49,53-54H,4-18,21-39H2,1-3H3,(H,55,56)/b20-19-. The number of carboxylic acids is 1. The third-order valence-corrected chi connectivity index (χ3v) is 11.3. The molecule has 356 valence electrons. The first-order valence-corrected chi connectivity index (χ1v) is 24.7. The Kier molecular flexibility index (Phi) is 36.2. The van der Waals surface area contributed by atoms with Crippen LogP contribution in [0, 0.1) is 0 Å². The Labute approximate surface area is 369 Å². The van der Waals surface area contributed by atoms with Crippen molar-refractivity contribution in [3.63, 3.8) is 0 Å². The number of aliphatic hydroxyl groups excluding tert-OH is 2. The molecule has 6 unspecified atom stereocenters. The summed E-state index contributed by atoms with van der Waals surface area (Å²) in [7, 11) is 0. The Morgan fingerprint density at radius 3 is 1.41 bits per heavy atom. The van der Waals surface area contributed by atoms with Gasteiger partial charge in [-0.3, -0.25) is 14.4 Å². The summed E-state index contributed by atoms with van der Waals surface area (Å²) in [6.07, 6.45) is 26.6. The van der Waals surface area contributed by atoms with E-state index >= 15 is 0 Å². The molecule has 1 aliphatic heterocycles. The van der Waals surface area contributed by atoms with E-state index in [1.165, 1.54) is 83.5 Å². The second-order valence-electron chi connectivity index (χ2n) is 17.1. The summed E-state index contributed by atoms with van der Waals surface area (Å²) in [5.74, 6) is -3.12. The summed E-state index contributed by atoms with van der Waals surface area (Å²) >= 11 is 0. The monoisotopic (exact) mass is 869 g/mol. The van der Waals surface area contributed by atoms with E-state index in [0.717, 1.165) is 83.5 Å². The number of carbonyl (C=O) groups is 4. The van der Waals surface area contributed by atoms with E-state index in [1.54, 1.807) is 0 Å². The topological polar surface area (TPSA) is 175 Å². The molecule has 0 aromatic rings. The summed E-state index contributed by atoms with van der Waals surface area (Å²) < 4.78 is 28.1. The number of carbonyl (C=O) groups excluding carboxylic acids is 3. The van der Waals surface area contributed by atoms with Gasteiger partial charge in [-0.15, -0.1) is 0 Å². The molecular weight excluding hydrogens is 781 g/mol. The van der Waals surface area contributed by atoms with Crippen LogP contribution in [0.1, 0.15) is 226 Å². The molecule has 3 N–H and O–H groups in total. The molecule has 0 bridgehead atoms. The van der Waals surface area contributed by atoms with Crippen molar-refractivity contribution < 1.29 is 58.2 Å². The number of carboxylic acid groups (broad SMARTS) is 1. The third kappa shape index (κ3) is 30.2. The van der Waals surface area contributed by atoms with Crippen molar-refractivity contribution >= 4 is 23.9 Å². The van der Waals surface area contributed by atoms with Gasteiger partial charge in [-0.25, -0.2) is 4.79 Å². The second-order valence-corrected chi connectivity index (χ2v) is 17.1. The average molecular weight is 869 g/mol. The van der Waals surface area contributed by atoms with Crippen molar-refractivity contribution in [2.45, 2.75) is 263 Å². The fraction of sp³-hybridized carbons (Fsp3) is 0.878. The first kappa shape index (κ1) is 56.5. The molecule has 1 heterocycles. The number of allylic oxidation sites excluding steroid dienone is 2. The summed E-state index contributed by atoms with van der Waals surface area (Å²) in [6, 6.07) is 0. The first-order chi connectivity index (χ1) is 29.6. The smallest absolute Gasteiger partial charge is 0.335 e. The normalized spacial score (nSPS) is 19.5. The zero-order chi connectivity index (χ0) is 44.8. The predicted octanol–water partition coefficient (Wildman–Crippen LogP) is 11.0. The van der Waals surface area contributed by atoms with Crippen LogP contribution in [0.3, 0.4) is 0 Å². The minimum atomic E-state index is -1.89. The fourth-order valence-electron chi connectivity index (χ4n) is 7.48. The molecule has 0 saturated carbocycles. The predicted molar refractivity (Wildman–Crippen MR) is 239 cm³/mol. The highest BCUT2D eigenvalue weighted by molar-refractivity contribution is 5.74. The Morgan fingerprint density at radius 1 is 0.525 bits per heavy atom. The van der Waals surface area contributed by atoms with Crippen LogP contribution in [0.25, 0.3) is 0 Å². The molecule has 0 amide bonds. The molecule has 12 heteroatoms. The Balaban J connectivity index is 2.74. The Hall–Kier alpha value is -2.54. The van der Waals surface area contributed by atoms with Crippen molar-refractivity contribution in [1.29, 1.82) is 0 Å². The molecule has 6 atom stereocenters. The van der Waals surface area contributed by atoms with E-state index in [1.807, 2.05) is 0 Å². The lowest BCUT2D eigenvalue weighted by Crippen LogP contribution is -2.61. The van der Waals surface area contributed by atoms with Crippen LogP contribution in [-0.4, -0.2) is 89.2 Å². The quantitative estimate of drug-likeness (QED) is 0.0230. The van der Waals surface area contributed by atoms with E-state index in [0.29, 0.717) is 19.3 Å². The van der Waals surface area contributed by atoms with Crippen molar-refractivity contribution in [2.24, 2.45) is 0 Å². The van der Waals surface area contributed by atoms with Gasteiger partial charge in [0.15, 0.2) is 24.6 Å². The van der Waals surface area contributed by atoms with Crippen molar-refractivity contribution in [2.75, 3.05) is 13.2 Å².